The maximum Gasteiger partial charge on any atom is 0.262 e. The first kappa shape index (κ1) is 30.7. The fourth-order valence-electron chi connectivity index (χ4n) is 9.19. The summed E-state index contributed by atoms with van der Waals surface area (Å²) in [7, 11) is 0. The lowest BCUT2D eigenvalue weighted by Crippen LogP contribution is -2.57. The van der Waals surface area contributed by atoms with E-state index in [0.29, 0.717) is 5.88 Å². The number of benzene rings is 4. The second-order valence-electron chi connectivity index (χ2n) is 17.7. The average Bonchev–Trinajstić information content (AvgIpc) is 3.08. The van der Waals surface area contributed by atoms with Crippen LogP contribution < -0.4 is 25.9 Å². The van der Waals surface area contributed by atoms with Crippen LogP contribution in [-0.4, -0.2) is 11.7 Å². The van der Waals surface area contributed by atoms with E-state index in [1.807, 2.05) is 6.07 Å². The van der Waals surface area contributed by atoms with Gasteiger partial charge in [-0.2, -0.15) is 0 Å². The summed E-state index contributed by atoms with van der Waals surface area (Å²) >= 11 is 0. The number of aromatic nitrogens is 1. The molecule has 0 atom stereocenters. The van der Waals surface area contributed by atoms with Crippen LogP contribution in [0.5, 0.6) is 23.1 Å². The summed E-state index contributed by atoms with van der Waals surface area (Å²) in [4.78, 5) is 4.71. The van der Waals surface area contributed by atoms with E-state index < -0.39 is 0 Å². The Labute approximate surface area is 292 Å². The molecule has 4 aliphatic rings. The van der Waals surface area contributed by atoms with Crippen molar-refractivity contribution in [3.8, 4) is 45.4 Å². The van der Waals surface area contributed by atoms with Gasteiger partial charge < -0.3 is 9.47 Å². The SMILES string of the molecule is CC1(C)CCC(C)(C)c2cc(-c3ccc4c(c3)Oc3ccnc5c3B4c3ccc(-c4ccc6c(c4)C(C)(C)CCC6(C)C)cc3O5)ccc21. The highest BCUT2D eigenvalue weighted by molar-refractivity contribution is 6.98. The van der Waals surface area contributed by atoms with Crippen molar-refractivity contribution < 1.29 is 9.47 Å². The Morgan fingerprint density at radius 3 is 1.41 bits per heavy atom. The van der Waals surface area contributed by atoms with Crippen molar-refractivity contribution in [2.75, 3.05) is 0 Å². The minimum Gasteiger partial charge on any atom is -0.458 e. The number of pyridine rings is 1. The molecular weight excluding hydrogens is 597 g/mol. The smallest absolute Gasteiger partial charge is 0.262 e. The Morgan fingerprint density at radius 1 is 0.469 bits per heavy atom. The molecule has 4 heteroatoms. The van der Waals surface area contributed by atoms with Gasteiger partial charge in [0.25, 0.3) is 6.71 Å². The summed E-state index contributed by atoms with van der Waals surface area (Å²) in [6, 6.07) is 29.7. The zero-order chi connectivity index (χ0) is 34.1. The minimum absolute atomic E-state index is 0.0131. The first-order valence-corrected chi connectivity index (χ1v) is 18.2. The van der Waals surface area contributed by atoms with Gasteiger partial charge in [0, 0.05) is 11.7 Å². The lowest BCUT2D eigenvalue weighted by Gasteiger charge is -2.42. The summed E-state index contributed by atoms with van der Waals surface area (Å²) in [5, 5.41) is 0. The molecule has 3 nitrogen and oxygen atoms in total. The maximum atomic E-state index is 6.65. The molecule has 0 fully saturated rings. The van der Waals surface area contributed by atoms with E-state index in [2.05, 4.69) is 128 Å². The normalized spacial score (nSPS) is 19.6. The van der Waals surface area contributed by atoms with E-state index in [1.54, 1.807) is 6.20 Å². The van der Waals surface area contributed by atoms with Crippen LogP contribution in [0.4, 0.5) is 0 Å². The van der Waals surface area contributed by atoms with Gasteiger partial charge in [0.15, 0.2) is 0 Å². The summed E-state index contributed by atoms with van der Waals surface area (Å²) in [5.74, 6) is 3.23. The predicted molar refractivity (Wildman–Crippen MR) is 203 cm³/mol. The molecule has 1 aromatic heterocycles. The lowest BCUT2D eigenvalue weighted by atomic mass is 9.35. The molecule has 4 aromatic carbocycles. The Kier molecular flexibility index (Phi) is 6.35. The topological polar surface area (TPSA) is 31.4 Å². The van der Waals surface area contributed by atoms with E-state index in [-0.39, 0.29) is 28.4 Å². The van der Waals surface area contributed by atoms with Gasteiger partial charge in [0.2, 0.25) is 5.88 Å². The molecule has 3 heterocycles. The molecule has 5 aromatic rings. The number of fused-ring (bicyclic) bond motifs is 6. The number of rotatable bonds is 2. The number of ether oxygens (including phenoxy) is 2. The predicted octanol–water partition coefficient (Wildman–Crippen LogP) is 9.84. The summed E-state index contributed by atoms with van der Waals surface area (Å²) < 4.78 is 13.2. The van der Waals surface area contributed by atoms with Gasteiger partial charge >= 0.3 is 0 Å². The van der Waals surface area contributed by atoms with Crippen LogP contribution >= 0.6 is 0 Å². The van der Waals surface area contributed by atoms with E-state index in [1.165, 1.54) is 70.2 Å². The molecule has 0 radical (unpaired) electrons. The van der Waals surface area contributed by atoms with Gasteiger partial charge in [-0.25, -0.2) is 4.98 Å². The molecule has 0 amide bonds. The van der Waals surface area contributed by atoms with Crippen LogP contribution in [0.25, 0.3) is 22.3 Å². The maximum absolute atomic E-state index is 6.65. The van der Waals surface area contributed by atoms with Crippen LogP contribution in [-0.2, 0) is 21.7 Å². The van der Waals surface area contributed by atoms with Gasteiger partial charge in [-0.3, -0.25) is 0 Å². The highest BCUT2D eigenvalue weighted by Gasteiger charge is 2.42. The van der Waals surface area contributed by atoms with E-state index in [0.717, 1.165) is 33.6 Å². The second-order valence-corrected chi connectivity index (χ2v) is 17.7. The Balaban J connectivity index is 1.12. The summed E-state index contributed by atoms with van der Waals surface area (Å²) in [6.45, 7) is 19.1. The van der Waals surface area contributed by atoms with E-state index in [9.17, 15) is 0 Å². The van der Waals surface area contributed by atoms with Crippen LogP contribution in [0.3, 0.4) is 0 Å². The molecule has 0 saturated carbocycles. The quantitative estimate of drug-likeness (QED) is 0.176. The molecule has 0 spiro atoms. The molecule has 246 valence electrons. The second kappa shape index (κ2) is 10.1. The van der Waals surface area contributed by atoms with Crippen molar-refractivity contribution in [2.24, 2.45) is 0 Å². The third-order valence-corrected chi connectivity index (χ3v) is 12.7. The molecule has 0 saturated heterocycles. The average molecular weight is 644 g/mol. The van der Waals surface area contributed by atoms with Gasteiger partial charge in [0.1, 0.15) is 17.2 Å². The molecule has 0 N–H and O–H groups in total. The van der Waals surface area contributed by atoms with Crippen LogP contribution in [0.2, 0.25) is 0 Å². The van der Waals surface area contributed by atoms with E-state index in [4.69, 9.17) is 14.5 Å². The van der Waals surface area contributed by atoms with Gasteiger partial charge in [-0.05, 0) is 121 Å². The van der Waals surface area contributed by atoms with Crippen molar-refractivity contribution in [1.29, 1.82) is 0 Å². The van der Waals surface area contributed by atoms with Crippen LogP contribution in [0.15, 0.2) is 85.1 Å². The van der Waals surface area contributed by atoms with Crippen molar-refractivity contribution in [2.45, 2.75) is 103 Å². The van der Waals surface area contributed by atoms with Gasteiger partial charge in [0.05, 0.1) is 0 Å². The van der Waals surface area contributed by atoms with Crippen LogP contribution in [0, 0.1) is 0 Å². The van der Waals surface area contributed by atoms with Crippen molar-refractivity contribution >= 4 is 23.1 Å². The first-order valence-electron chi connectivity index (χ1n) is 18.2. The molecule has 2 aliphatic heterocycles. The summed E-state index contributed by atoms with van der Waals surface area (Å²) in [6.07, 6.45) is 6.63. The van der Waals surface area contributed by atoms with Crippen molar-refractivity contribution in [1.82, 2.24) is 4.98 Å². The Bertz CT molecular complexity index is 2060. The molecule has 2 aliphatic carbocycles. The van der Waals surface area contributed by atoms with E-state index >= 15 is 0 Å². The molecule has 0 unspecified atom stereocenters. The van der Waals surface area contributed by atoms with Crippen molar-refractivity contribution in [3.63, 3.8) is 0 Å². The first-order chi connectivity index (χ1) is 23.2. The van der Waals surface area contributed by atoms with Crippen LogP contribution in [0.1, 0.15) is 103 Å². The largest absolute Gasteiger partial charge is 0.458 e. The minimum atomic E-state index is -0.0131. The number of hydrogen-bond donors (Lipinski definition) is 0. The highest BCUT2D eigenvalue weighted by atomic mass is 16.5. The van der Waals surface area contributed by atoms with Gasteiger partial charge in [-0.1, -0.05) is 116 Å². The Morgan fingerprint density at radius 2 is 0.898 bits per heavy atom. The third kappa shape index (κ3) is 4.66. The lowest BCUT2D eigenvalue weighted by molar-refractivity contribution is 0.332. The zero-order valence-corrected chi connectivity index (χ0v) is 30.3. The standard InChI is InChI=1S/C45H46BNO2/c1-42(2)18-20-44(5,6)33-23-27(9-13-31(33)42)29-11-15-35-38(25-29)48-37-17-22-47-41-40(37)46(35)36-16-12-30(26-39(36)49-41)28-10-14-32-34(24-28)45(7,8)21-19-43(32,3)4/h9-17,22-26H,18-21H2,1-8H3. The van der Waals surface area contributed by atoms with Gasteiger partial charge in [-0.15, -0.1) is 0 Å². The Hall–Kier alpha value is -4.31. The molecule has 49 heavy (non-hydrogen) atoms. The molecule has 0 bridgehead atoms. The fraction of sp³-hybridized carbons (Fsp3) is 0.356. The highest BCUT2D eigenvalue weighted by Crippen LogP contribution is 2.48. The fourth-order valence-corrected chi connectivity index (χ4v) is 9.19. The number of nitrogens with zero attached hydrogens (tertiary/aromatic N) is 1. The third-order valence-electron chi connectivity index (χ3n) is 12.7. The van der Waals surface area contributed by atoms with Crippen molar-refractivity contribution in [3.05, 3.63) is 107 Å². The molecular formula is C45H46BNO2. The monoisotopic (exact) mass is 643 g/mol. The molecule has 9 rings (SSSR count). The zero-order valence-electron chi connectivity index (χ0n) is 30.3. The summed E-state index contributed by atoms with van der Waals surface area (Å²) in [5.41, 5.74) is 14.7. The number of hydrogen-bond acceptors (Lipinski definition) is 3.